The zero-order valence-electron chi connectivity index (χ0n) is 19.9. The number of rotatable bonds is 6. The number of sulfonamides is 1. The number of anilines is 1. The Labute approximate surface area is 205 Å². The van der Waals surface area contributed by atoms with Gasteiger partial charge in [0.05, 0.1) is 10.6 Å². The van der Waals surface area contributed by atoms with E-state index in [1.54, 1.807) is 54.1 Å². The number of ether oxygens (including phenoxy) is 1. The normalized spacial score (nSPS) is 13.3. The number of benzene rings is 2. The zero-order chi connectivity index (χ0) is 24.6. The third-order valence-electron chi connectivity index (χ3n) is 5.99. The molecule has 2 heterocycles. The molecule has 1 N–H and O–H groups in total. The van der Waals surface area contributed by atoms with Gasteiger partial charge in [-0.05, 0) is 100 Å². The Balaban J connectivity index is 1.32. The minimum absolute atomic E-state index is 0.284. The second kappa shape index (κ2) is 9.14. The van der Waals surface area contributed by atoms with Crippen LogP contribution in [0.4, 0.5) is 5.69 Å². The molecule has 9 heteroatoms. The van der Waals surface area contributed by atoms with Crippen molar-refractivity contribution in [3.8, 4) is 17.4 Å². The van der Waals surface area contributed by atoms with Gasteiger partial charge < -0.3 is 4.74 Å². The molecule has 1 aliphatic rings. The molecule has 2 aromatic carbocycles. The molecular formula is C26H27N5O3S. The maximum Gasteiger partial charge on any atom is 0.261 e. The van der Waals surface area contributed by atoms with Crippen LogP contribution in [0.3, 0.4) is 0 Å². The molecule has 0 unspecified atom stereocenters. The van der Waals surface area contributed by atoms with E-state index in [1.807, 2.05) is 26.0 Å². The summed E-state index contributed by atoms with van der Waals surface area (Å²) in [7, 11) is -3.68. The van der Waals surface area contributed by atoms with Gasteiger partial charge in [-0.2, -0.15) is 10.1 Å². The van der Waals surface area contributed by atoms with Crippen molar-refractivity contribution in [2.45, 2.75) is 51.3 Å². The fourth-order valence-corrected chi connectivity index (χ4v) is 5.46. The molecule has 0 aliphatic heterocycles. The maximum atomic E-state index is 12.9. The third-order valence-corrected chi connectivity index (χ3v) is 7.37. The van der Waals surface area contributed by atoms with Gasteiger partial charge in [0.25, 0.3) is 10.0 Å². The number of nitrogens with one attached hydrogen (secondary N) is 1. The summed E-state index contributed by atoms with van der Waals surface area (Å²) in [5, 5.41) is 4.47. The lowest BCUT2D eigenvalue weighted by atomic mass is 9.92. The number of nitrogens with zero attached hydrogens (tertiary/aromatic N) is 4. The summed E-state index contributed by atoms with van der Waals surface area (Å²) in [5.41, 5.74) is 4.69. The lowest BCUT2D eigenvalue weighted by Gasteiger charge is -2.17. The molecule has 8 nitrogen and oxygen atoms in total. The molecule has 2 aromatic heterocycles. The highest BCUT2D eigenvalue weighted by Gasteiger charge is 2.18. The second-order valence-electron chi connectivity index (χ2n) is 8.82. The van der Waals surface area contributed by atoms with Gasteiger partial charge in [0.2, 0.25) is 5.88 Å². The predicted molar refractivity (Wildman–Crippen MR) is 134 cm³/mol. The van der Waals surface area contributed by atoms with Crippen LogP contribution < -0.4 is 9.46 Å². The SMILES string of the molecule is Cc1cc(C)n(-c2cc(Oc3ccc(NS(=O)(=O)c4ccc5c(c4)CCCC5)cc3)nc(C)n2)n1. The molecule has 35 heavy (non-hydrogen) atoms. The average molecular weight is 490 g/mol. The van der Waals surface area contributed by atoms with Gasteiger partial charge in [-0.3, -0.25) is 4.72 Å². The molecule has 1 aliphatic carbocycles. The van der Waals surface area contributed by atoms with Crippen LogP contribution in [0.15, 0.2) is 59.5 Å². The molecule has 0 radical (unpaired) electrons. The first-order valence-electron chi connectivity index (χ1n) is 11.6. The third kappa shape index (κ3) is 5.05. The van der Waals surface area contributed by atoms with Gasteiger partial charge in [-0.15, -0.1) is 0 Å². The second-order valence-corrected chi connectivity index (χ2v) is 10.5. The summed E-state index contributed by atoms with van der Waals surface area (Å²) in [6.07, 6.45) is 4.19. The summed E-state index contributed by atoms with van der Waals surface area (Å²) >= 11 is 0. The molecule has 0 amide bonds. The molecule has 0 bridgehead atoms. The van der Waals surface area contributed by atoms with Gasteiger partial charge in [-0.25, -0.2) is 18.1 Å². The summed E-state index contributed by atoms with van der Waals surface area (Å²) in [5.74, 6) is 2.08. The fourth-order valence-electron chi connectivity index (χ4n) is 4.35. The van der Waals surface area contributed by atoms with Crippen LogP contribution >= 0.6 is 0 Å². The predicted octanol–water partition coefficient (Wildman–Crippen LogP) is 5.06. The van der Waals surface area contributed by atoms with Crippen molar-refractivity contribution in [2.75, 3.05) is 4.72 Å². The molecule has 0 saturated carbocycles. The van der Waals surface area contributed by atoms with Crippen molar-refractivity contribution < 1.29 is 13.2 Å². The first-order chi connectivity index (χ1) is 16.8. The van der Waals surface area contributed by atoms with Gasteiger partial charge in [0.15, 0.2) is 5.82 Å². The molecule has 0 atom stereocenters. The number of aryl methyl sites for hydroxylation is 5. The van der Waals surface area contributed by atoms with E-state index < -0.39 is 10.0 Å². The minimum Gasteiger partial charge on any atom is -0.439 e. The van der Waals surface area contributed by atoms with E-state index in [1.165, 1.54) is 5.56 Å². The molecule has 5 rings (SSSR count). The molecular weight excluding hydrogens is 462 g/mol. The van der Waals surface area contributed by atoms with Crippen molar-refractivity contribution >= 4 is 15.7 Å². The molecule has 180 valence electrons. The van der Waals surface area contributed by atoms with Crippen LogP contribution in [0.1, 0.15) is 41.2 Å². The minimum atomic E-state index is -3.68. The van der Waals surface area contributed by atoms with E-state index in [0.29, 0.717) is 29.0 Å². The largest absolute Gasteiger partial charge is 0.439 e. The number of aromatic nitrogens is 4. The summed E-state index contributed by atoms with van der Waals surface area (Å²) < 4.78 is 36.2. The summed E-state index contributed by atoms with van der Waals surface area (Å²) in [4.78, 5) is 9.11. The van der Waals surface area contributed by atoms with E-state index >= 15 is 0 Å². The Hall–Kier alpha value is -3.72. The average Bonchev–Trinajstić information content (AvgIpc) is 3.17. The summed E-state index contributed by atoms with van der Waals surface area (Å²) in [6.45, 7) is 5.68. The van der Waals surface area contributed by atoms with Crippen LogP contribution in [0.25, 0.3) is 5.82 Å². The molecule has 0 fully saturated rings. The van der Waals surface area contributed by atoms with Gasteiger partial charge in [0.1, 0.15) is 11.6 Å². The standard InChI is InChI=1S/C26H27N5O3S/c1-17-14-18(2)31(29-17)25-16-26(28-19(3)27-25)34-23-11-9-22(10-12-23)30-35(32,33)24-13-8-20-6-4-5-7-21(20)15-24/h8-16,30H,4-7H2,1-3H3. The Morgan fingerprint density at radius 2 is 1.63 bits per heavy atom. The van der Waals surface area contributed by atoms with E-state index in [-0.39, 0.29) is 4.90 Å². The van der Waals surface area contributed by atoms with E-state index in [4.69, 9.17) is 4.74 Å². The zero-order valence-corrected chi connectivity index (χ0v) is 20.8. The first-order valence-corrected chi connectivity index (χ1v) is 13.1. The van der Waals surface area contributed by atoms with Crippen molar-refractivity contribution in [2.24, 2.45) is 0 Å². The molecule has 0 spiro atoms. The Kier molecular flexibility index (Phi) is 6.02. The van der Waals surface area contributed by atoms with Crippen LogP contribution in [-0.4, -0.2) is 28.2 Å². The highest BCUT2D eigenvalue weighted by Crippen LogP contribution is 2.27. The summed E-state index contributed by atoms with van der Waals surface area (Å²) in [6, 6.07) is 15.8. The number of hydrogen-bond acceptors (Lipinski definition) is 6. The van der Waals surface area contributed by atoms with Crippen LogP contribution in [0.2, 0.25) is 0 Å². The van der Waals surface area contributed by atoms with E-state index in [9.17, 15) is 8.42 Å². The Bertz CT molecular complexity index is 1490. The monoisotopic (exact) mass is 489 g/mol. The van der Waals surface area contributed by atoms with Crippen molar-refractivity contribution in [1.82, 2.24) is 19.7 Å². The Morgan fingerprint density at radius 1 is 0.886 bits per heavy atom. The van der Waals surface area contributed by atoms with E-state index in [2.05, 4.69) is 19.8 Å². The lowest BCUT2D eigenvalue weighted by Crippen LogP contribution is -2.14. The van der Waals surface area contributed by atoms with Crippen LogP contribution in [0.5, 0.6) is 11.6 Å². The number of fused-ring (bicyclic) bond motifs is 1. The number of hydrogen-bond donors (Lipinski definition) is 1. The smallest absolute Gasteiger partial charge is 0.261 e. The fraction of sp³-hybridized carbons (Fsp3) is 0.269. The topological polar surface area (TPSA) is 99.0 Å². The van der Waals surface area contributed by atoms with Crippen molar-refractivity contribution in [1.29, 1.82) is 0 Å². The molecule has 0 saturated heterocycles. The Morgan fingerprint density at radius 3 is 2.34 bits per heavy atom. The first kappa shape index (κ1) is 23.0. The maximum absolute atomic E-state index is 12.9. The lowest BCUT2D eigenvalue weighted by molar-refractivity contribution is 0.459. The highest BCUT2D eigenvalue weighted by molar-refractivity contribution is 7.92. The quantitative estimate of drug-likeness (QED) is 0.406. The van der Waals surface area contributed by atoms with Gasteiger partial charge in [0, 0.05) is 17.4 Å². The van der Waals surface area contributed by atoms with Crippen LogP contribution in [0, 0.1) is 20.8 Å². The van der Waals surface area contributed by atoms with Crippen molar-refractivity contribution in [3.05, 3.63) is 82.9 Å². The molecule has 4 aromatic rings. The van der Waals surface area contributed by atoms with Gasteiger partial charge >= 0.3 is 0 Å². The van der Waals surface area contributed by atoms with E-state index in [0.717, 1.165) is 42.6 Å². The highest BCUT2D eigenvalue weighted by atomic mass is 32.2. The van der Waals surface area contributed by atoms with Crippen LogP contribution in [-0.2, 0) is 22.9 Å². The van der Waals surface area contributed by atoms with Crippen molar-refractivity contribution in [3.63, 3.8) is 0 Å². The van der Waals surface area contributed by atoms with Gasteiger partial charge in [-0.1, -0.05) is 6.07 Å².